The number of amides is 1. The summed E-state index contributed by atoms with van der Waals surface area (Å²) in [4.78, 5) is 23.0. The van der Waals surface area contributed by atoms with E-state index in [2.05, 4.69) is 21.2 Å². The maximum atomic E-state index is 12.5. The molecule has 0 aromatic heterocycles. The summed E-state index contributed by atoms with van der Waals surface area (Å²) in [5.74, 6) is -0.404. The van der Waals surface area contributed by atoms with Crippen LogP contribution in [0.5, 0.6) is 0 Å². The number of anilines is 1. The third kappa shape index (κ3) is 3.75. The second-order valence-corrected chi connectivity index (χ2v) is 6.14. The van der Waals surface area contributed by atoms with E-state index in [0.717, 1.165) is 11.1 Å². The molecular formula is C19H13BrN2O3. The van der Waals surface area contributed by atoms with Gasteiger partial charge in [-0.05, 0) is 39.7 Å². The van der Waals surface area contributed by atoms with Crippen molar-refractivity contribution in [2.75, 3.05) is 5.32 Å². The van der Waals surface area contributed by atoms with E-state index in [0.29, 0.717) is 10.2 Å². The molecule has 0 radical (unpaired) electrons. The summed E-state index contributed by atoms with van der Waals surface area (Å²) in [6.45, 7) is 0. The number of para-hydroxylation sites is 1. The smallest absolute Gasteiger partial charge is 0.284 e. The van der Waals surface area contributed by atoms with Gasteiger partial charge >= 0.3 is 0 Å². The fourth-order valence-electron chi connectivity index (χ4n) is 2.45. The highest BCUT2D eigenvalue weighted by atomic mass is 79.9. The van der Waals surface area contributed by atoms with Crippen molar-refractivity contribution in [3.05, 3.63) is 92.9 Å². The lowest BCUT2D eigenvalue weighted by Crippen LogP contribution is -2.13. The van der Waals surface area contributed by atoms with Crippen molar-refractivity contribution in [3.8, 4) is 11.1 Å². The first-order valence-corrected chi connectivity index (χ1v) is 8.25. The molecule has 0 unspecified atom stereocenters. The van der Waals surface area contributed by atoms with Gasteiger partial charge in [-0.1, -0.05) is 48.5 Å². The Bertz CT molecular complexity index is 942. The Hall–Kier alpha value is -2.99. The third-order valence-corrected chi connectivity index (χ3v) is 4.34. The molecule has 1 amide bonds. The third-order valence-electron chi connectivity index (χ3n) is 3.67. The molecule has 3 aromatic carbocycles. The van der Waals surface area contributed by atoms with Crippen LogP contribution in [-0.2, 0) is 0 Å². The number of rotatable bonds is 4. The second-order valence-electron chi connectivity index (χ2n) is 5.29. The summed E-state index contributed by atoms with van der Waals surface area (Å²) in [6.07, 6.45) is 0. The highest BCUT2D eigenvalue weighted by Gasteiger charge is 2.17. The van der Waals surface area contributed by atoms with Gasteiger partial charge in [0.25, 0.3) is 11.6 Å². The van der Waals surface area contributed by atoms with E-state index in [1.54, 1.807) is 6.07 Å². The van der Waals surface area contributed by atoms with E-state index in [-0.39, 0.29) is 11.3 Å². The number of nitro groups is 1. The molecule has 124 valence electrons. The summed E-state index contributed by atoms with van der Waals surface area (Å²) >= 11 is 3.12. The summed E-state index contributed by atoms with van der Waals surface area (Å²) in [7, 11) is 0. The highest BCUT2D eigenvalue weighted by Crippen LogP contribution is 2.29. The monoisotopic (exact) mass is 396 g/mol. The van der Waals surface area contributed by atoms with Crippen LogP contribution in [0.4, 0.5) is 11.4 Å². The fraction of sp³-hybridized carbons (Fsp3) is 0. The molecule has 0 heterocycles. The zero-order valence-electron chi connectivity index (χ0n) is 13.0. The molecule has 1 N–H and O–H groups in total. The first-order chi connectivity index (χ1) is 12.1. The molecule has 0 aliphatic heterocycles. The van der Waals surface area contributed by atoms with Crippen LogP contribution in [0.1, 0.15) is 10.4 Å². The lowest BCUT2D eigenvalue weighted by atomic mass is 10.0. The quantitative estimate of drug-likeness (QED) is 0.481. The molecule has 0 saturated carbocycles. The fourth-order valence-corrected chi connectivity index (χ4v) is 2.84. The van der Waals surface area contributed by atoms with Crippen LogP contribution >= 0.6 is 15.9 Å². The van der Waals surface area contributed by atoms with Gasteiger partial charge in [-0.3, -0.25) is 14.9 Å². The first kappa shape index (κ1) is 16.9. The van der Waals surface area contributed by atoms with Crippen molar-refractivity contribution in [2.24, 2.45) is 0 Å². The Morgan fingerprint density at radius 1 is 0.960 bits per heavy atom. The van der Waals surface area contributed by atoms with E-state index in [4.69, 9.17) is 0 Å². The maximum Gasteiger partial charge on any atom is 0.284 e. The van der Waals surface area contributed by atoms with Crippen LogP contribution in [0.3, 0.4) is 0 Å². The molecule has 5 nitrogen and oxygen atoms in total. The SMILES string of the molecule is O=C(Nc1ccccc1-c1ccccc1)c1ccc(Br)c([N+](=O)[O-])c1. The average molecular weight is 397 g/mol. The number of carbonyl (C=O) groups excluding carboxylic acids is 1. The number of carbonyl (C=O) groups is 1. The van der Waals surface area contributed by atoms with E-state index in [9.17, 15) is 14.9 Å². The molecule has 0 saturated heterocycles. The van der Waals surface area contributed by atoms with Crippen LogP contribution < -0.4 is 5.32 Å². The Morgan fingerprint density at radius 2 is 1.64 bits per heavy atom. The number of nitrogens with zero attached hydrogens (tertiary/aromatic N) is 1. The van der Waals surface area contributed by atoms with Gasteiger partial charge in [-0.2, -0.15) is 0 Å². The van der Waals surface area contributed by atoms with Gasteiger partial charge in [-0.25, -0.2) is 0 Å². The van der Waals surface area contributed by atoms with E-state index < -0.39 is 10.8 Å². The van der Waals surface area contributed by atoms with Gasteiger partial charge in [0.2, 0.25) is 0 Å². The van der Waals surface area contributed by atoms with Gasteiger partial charge < -0.3 is 5.32 Å². The lowest BCUT2D eigenvalue weighted by molar-refractivity contribution is -0.385. The van der Waals surface area contributed by atoms with Gasteiger partial charge in [0.15, 0.2) is 0 Å². The number of nitro benzene ring substituents is 1. The number of hydrogen-bond acceptors (Lipinski definition) is 3. The van der Waals surface area contributed by atoms with E-state index >= 15 is 0 Å². The topological polar surface area (TPSA) is 72.2 Å². The minimum Gasteiger partial charge on any atom is -0.321 e. The van der Waals surface area contributed by atoms with E-state index in [1.165, 1.54) is 18.2 Å². The van der Waals surface area contributed by atoms with Crippen LogP contribution in [0.15, 0.2) is 77.3 Å². The first-order valence-electron chi connectivity index (χ1n) is 7.46. The Balaban J connectivity index is 1.92. The van der Waals surface area contributed by atoms with Gasteiger partial charge in [0, 0.05) is 22.9 Å². The molecule has 3 rings (SSSR count). The highest BCUT2D eigenvalue weighted by molar-refractivity contribution is 9.10. The van der Waals surface area contributed by atoms with Crippen molar-refractivity contribution in [2.45, 2.75) is 0 Å². The van der Waals surface area contributed by atoms with Crippen LogP contribution in [0.25, 0.3) is 11.1 Å². The number of benzene rings is 3. The minimum absolute atomic E-state index is 0.149. The van der Waals surface area contributed by atoms with Crippen LogP contribution in [0, 0.1) is 10.1 Å². The van der Waals surface area contributed by atoms with Crippen LogP contribution in [-0.4, -0.2) is 10.8 Å². The van der Waals surface area contributed by atoms with Crippen LogP contribution in [0.2, 0.25) is 0 Å². The molecule has 0 bridgehead atoms. The molecule has 0 spiro atoms. The molecule has 25 heavy (non-hydrogen) atoms. The number of hydrogen-bond donors (Lipinski definition) is 1. The van der Waals surface area contributed by atoms with Gasteiger partial charge in [0.05, 0.1) is 9.40 Å². The molecule has 0 aliphatic carbocycles. The number of nitrogens with one attached hydrogen (secondary N) is 1. The second kappa shape index (κ2) is 7.27. The standard InChI is InChI=1S/C19H13BrN2O3/c20-16-11-10-14(12-18(16)22(24)25)19(23)21-17-9-5-4-8-15(17)13-6-2-1-3-7-13/h1-12H,(H,21,23). The average Bonchev–Trinajstić information content (AvgIpc) is 2.63. The summed E-state index contributed by atoms with van der Waals surface area (Å²) in [5.41, 5.74) is 2.56. The Morgan fingerprint density at radius 3 is 2.36 bits per heavy atom. The zero-order chi connectivity index (χ0) is 17.8. The normalized spacial score (nSPS) is 10.3. The summed E-state index contributed by atoms with van der Waals surface area (Å²) < 4.78 is 0.332. The molecule has 0 atom stereocenters. The summed E-state index contributed by atoms with van der Waals surface area (Å²) in [5, 5.41) is 13.9. The van der Waals surface area contributed by atoms with Gasteiger partial charge in [-0.15, -0.1) is 0 Å². The number of halogens is 1. The van der Waals surface area contributed by atoms with Crippen molar-refractivity contribution in [1.82, 2.24) is 0 Å². The van der Waals surface area contributed by atoms with Crippen molar-refractivity contribution >= 4 is 33.2 Å². The predicted octanol–water partition coefficient (Wildman–Crippen LogP) is 5.28. The molecule has 0 aliphatic rings. The largest absolute Gasteiger partial charge is 0.321 e. The molecular weight excluding hydrogens is 384 g/mol. The maximum absolute atomic E-state index is 12.5. The predicted molar refractivity (Wildman–Crippen MR) is 101 cm³/mol. The van der Waals surface area contributed by atoms with Crippen molar-refractivity contribution in [1.29, 1.82) is 0 Å². The Labute approximate surface area is 152 Å². The Kier molecular flexibility index (Phi) is 4.90. The van der Waals surface area contributed by atoms with Crippen molar-refractivity contribution < 1.29 is 9.72 Å². The summed E-state index contributed by atoms with van der Waals surface area (Å²) in [6, 6.07) is 21.4. The minimum atomic E-state index is -0.529. The zero-order valence-corrected chi connectivity index (χ0v) is 14.6. The molecule has 6 heteroatoms. The van der Waals surface area contributed by atoms with E-state index in [1.807, 2.05) is 48.5 Å². The molecule has 3 aromatic rings. The van der Waals surface area contributed by atoms with Crippen molar-refractivity contribution in [3.63, 3.8) is 0 Å². The van der Waals surface area contributed by atoms with Gasteiger partial charge in [0.1, 0.15) is 0 Å². The molecule has 0 fully saturated rings. The lowest BCUT2D eigenvalue weighted by Gasteiger charge is -2.11.